The molecule has 0 spiro atoms. The fourth-order valence-electron chi connectivity index (χ4n) is 1.74. The molecular weight excluding hydrogens is 288 g/mol. The second-order valence-corrected chi connectivity index (χ2v) is 6.14. The molecule has 0 radical (unpaired) electrons. The molecule has 2 nitrogen and oxygen atoms in total. The van der Waals surface area contributed by atoms with Gasteiger partial charge in [0.15, 0.2) is 0 Å². The van der Waals surface area contributed by atoms with Crippen LogP contribution in [0.3, 0.4) is 0 Å². The minimum absolute atomic E-state index is 0.700. The zero-order chi connectivity index (χ0) is 13.5. The Kier molecular flexibility index (Phi) is 6.90. The third-order valence-corrected chi connectivity index (χ3v) is 3.72. The van der Waals surface area contributed by atoms with Crippen molar-refractivity contribution in [1.82, 2.24) is 10.2 Å². The van der Waals surface area contributed by atoms with Crippen LogP contribution < -0.4 is 5.32 Å². The molecule has 3 heteroatoms. The van der Waals surface area contributed by atoms with Crippen LogP contribution >= 0.6 is 15.9 Å². The molecule has 0 unspecified atom stereocenters. The largest absolute Gasteiger partial charge is 0.312 e. The Balaban J connectivity index is 2.56. The molecule has 1 aromatic rings. The van der Waals surface area contributed by atoms with Crippen LogP contribution in [-0.2, 0) is 13.1 Å². The number of nitrogens with zero attached hydrogens (tertiary/aromatic N) is 1. The van der Waals surface area contributed by atoms with E-state index in [0.29, 0.717) is 5.92 Å². The second-order valence-electron chi connectivity index (χ2n) is 5.28. The summed E-state index contributed by atoms with van der Waals surface area (Å²) >= 11 is 3.67. The first kappa shape index (κ1) is 15.7. The zero-order valence-corrected chi connectivity index (χ0v) is 13.5. The quantitative estimate of drug-likeness (QED) is 0.827. The van der Waals surface area contributed by atoms with Gasteiger partial charge in [0, 0.05) is 17.6 Å². The summed E-state index contributed by atoms with van der Waals surface area (Å²) in [6, 6.07) is 6.67. The van der Waals surface area contributed by atoms with E-state index in [1.807, 2.05) is 0 Å². The predicted molar refractivity (Wildman–Crippen MR) is 82.7 cm³/mol. The predicted octanol–water partition coefficient (Wildman–Crippen LogP) is 3.65. The molecule has 0 heterocycles. The number of nitrogens with one attached hydrogen (secondary N) is 1. The average molecular weight is 313 g/mol. The molecule has 0 saturated carbocycles. The Morgan fingerprint density at radius 1 is 1.33 bits per heavy atom. The van der Waals surface area contributed by atoms with Gasteiger partial charge in [0.25, 0.3) is 0 Å². The van der Waals surface area contributed by atoms with E-state index in [9.17, 15) is 0 Å². The van der Waals surface area contributed by atoms with Crippen molar-refractivity contribution in [2.24, 2.45) is 5.92 Å². The standard InChI is InChI=1S/C15H25BrN2/c1-5-18(4)11-14-7-6-13(8-15(14)16)10-17-9-12(2)3/h6-8,12,17H,5,9-11H2,1-4H3. The lowest BCUT2D eigenvalue weighted by Gasteiger charge is -2.16. The lowest BCUT2D eigenvalue weighted by Crippen LogP contribution is -2.19. The highest BCUT2D eigenvalue weighted by molar-refractivity contribution is 9.10. The molecular formula is C15H25BrN2. The highest BCUT2D eigenvalue weighted by Crippen LogP contribution is 2.20. The number of benzene rings is 1. The van der Waals surface area contributed by atoms with E-state index in [4.69, 9.17) is 0 Å². The maximum Gasteiger partial charge on any atom is 0.0241 e. The topological polar surface area (TPSA) is 15.3 Å². The summed E-state index contributed by atoms with van der Waals surface area (Å²) < 4.78 is 1.21. The fourth-order valence-corrected chi connectivity index (χ4v) is 2.29. The van der Waals surface area contributed by atoms with Crippen molar-refractivity contribution in [2.75, 3.05) is 20.1 Å². The van der Waals surface area contributed by atoms with Gasteiger partial charge in [-0.3, -0.25) is 0 Å². The molecule has 1 rings (SSSR count). The Morgan fingerprint density at radius 2 is 2.06 bits per heavy atom. The van der Waals surface area contributed by atoms with E-state index < -0.39 is 0 Å². The first-order valence-corrected chi connectivity index (χ1v) is 7.48. The minimum atomic E-state index is 0.700. The molecule has 0 saturated heterocycles. The first-order valence-electron chi connectivity index (χ1n) is 6.69. The molecule has 0 amide bonds. The molecule has 0 aromatic heterocycles. The van der Waals surface area contributed by atoms with Crippen LogP contribution in [0.15, 0.2) is 22.7 Å². The summed E-state index contributed by atoms with van der Waals surface area (Å²) in [4.78, 5) is 2.30. The molecule has 102 valence electrons. The number of hydrogen-bond acceptors (Lipinski definition) is 2. The Morgan fingerprint density at radius 3 is 2.61 bits per heavy atom. The van der Waals surface area contributed by atoms with Crippen molar-refractivity contribution < 1.29 is 0 Å². The third-order valence-electron chi connectivity index (χ3n) is 2.98. The smallest absolute Gasteiger partial charge is 0.0241 e. The van der Waals surface area contributed by atoms with Crippen LogP contribution in [-0.4, -0.2) is 25.0 Å². The van der Waals surface area contributed by atoms with Gasteiger partial charge in [-0.15, -0.1) is 0 Å². The van der Waals surface area contributed by atoms with Crippen LogP contribution in [0.1, 0.15) is 31.9 Å². The van der Waals surface area contributed by atoms with Crippen molar-refractivity contribution >= 4 is 15.9 Å². The van der Waals surface area contributed by atoms with E-state index in [1.165, 1.54) is 15.6 Å². The van der Waals surface area contributed by atoms with E-state index >= 15 is 0 Å². The number of halogens is 1. The van der Waals surface area contributed by atoms with Crippen LogP contribution in [0.4, 0.5) is 0 Å². The molecule has 1 N–H and O–H groups in total. The minimum Gasteiger partial charge on any atom is -0.312 e. The molecule has 1 aromatic carbocycles. The van der Waals surface area contributed by atoms with Gasteiger partial charge in [-0.1, -0.05) is 48.8 Å². The molecule has 0 bridgehead atoms. The van der Waals surface area contributed by atoms with Crippen molar-refractivity contribution in [3.05, 3.63) is 33.8 Å². The molecule has 0 atom stereocenters. The maximum absolute atomic E-state index is 3.67. The van der Waals surface area contributed by atoms with Gasteiger partial charge >= 0.3 is 0 Å². The molecule has 0 aliphatic heterocycles. The highest BCUT2D eigenvalue weighted by atomic mass is 79.9. The monoisotopic (exact) mass is 312 g/mol. The van der Waals surface area contributed by atoms with Crippen molar-refractivity contribution in [1.29, 1.82) is 0 Å². The Hall–Kier alpha value is -0.380. The molecule has 0 fully saturated rings. The molecule has 0 aliphatic rings. The van der Waals surface area contributed by atoms with Crippen molar-refractivity contribution in [3.63, 3.8) is 0 Å². The summed E-state index contributed by atoms with van der Waals surface area (Å²) in [7, 11) is 2.14. The van der Waals surface area contributed by atoms with Crippen LogP contribution in [0.2, 0.25) is 0 Å². The van der Waals surface area contributed by atoms with E-state index in [1.54, 1.807) is 0 Å². The third kappa shape index (κ3) is 5.51. The Labute approximate surface area is 120 Å². The van der Waals surface area contributed by atoms with E-state index in [-0.39, 0.29) is 0 Å². The van der Waals surface area contributed by atoms with E-state index in [0.717, 1.165) is 26.2 Å². The van der Waals surface area contributed by atoms with Gasteiger partial charge < -0.3 is 10.2 Å². The number of rotatable bonds is 7. The lowest BCUT2D eigenvalue weighted by atomic mass is 10.1. The van der Waals surface area contributed by atoms with Gasteiger partial charge in [-0.25, -0.2) is 0 Å². The van der Waals surface area contributed by atoms with Crippen LogP contribution in [0, 0.1) is 5.92 Å². The summed E-state index contributed by atoms with van der Waals surface area (Å²) in [5.74, 6) is 0.700. The number of hydrogen-bond donors (Lipinski definition) is 1. The van der Waals surface area contributed by atoms with Gasteiger partial charge in [0.05, 0.1) is 0 Å². The van der Waals surface area contributed by atoms with Gasteiger partial charge in [0.1, 0.15) is 0 Å². The second kappa shape index (κ2) is 7.93. The molecule has 0 aliphatic carbocycles. The lowest BCUT2D eigenvalue weighted by molar-refractivity contribution is 0.345. The normalized spacial score (nSPS) is 11.5. The summed E-state index contributed by atoms with van der Waals surface area (Å²) in [5, 5.41) is 3.47. The van der Waals surface area contributed by atoms with Crippen LogP contribution in [0.5, 0.6) is 0 Å². The van der Waals surface area contributed by atoms with Crippen molar-refractivity contribution in [2.45, 2.75) is 33.9 Å². The maximum atomic E-state index is 3.67. The Bertz CT molecular complexity index is 364. The highest BCUT2D eigenvalue weighted by Gasteiger charge is 2.04. The SMILES string of the molecule is CCN(C)Cc1ccc(CNCC(C)C)cc1Br. The van der Waals surface area contributed by atoms with Crippen molar-refractivity contribution in [3.8, 4) is 0 Å². The van der Waals surface area contributed by atoms with Gasteiger partial charge in [-0.2, -0.15) is 0 Å². The fraction of sp³-hybridized carbons (Fsp3) is 0.600. The van der Waals surface area contributed by atoms with Gasteiger partial charge in [-0.05, 0) is 43.2 Å². The van der Waals surface area contributed by atoms with Gasteiger partial charge in [0.2, 0.25) is 0 Å². The van der Waals surface area contributed by atoms with Crippen LogP contribution in [0.25, 0.3) is 0 Å². The summed E-state index contributed by atoms with van der Waals surface area (Å²) in [6.07, 6.45) is 0. The van der Waals surface area contributed by atoms with E-state index in [2.05, 4.69) is 72.2 Å². The zero-order valence-electron chi connectivity index (χ0n) is 12.0. The first-order chi connectivity index (χ1) is 8.52. The average Bonchev–Trinajstić information content (AvgIpc) is 2.32. The molecule has 18 heavy (non-hydrogen) atoms. The summed E-state index contributed by atoms with van der Waals surface area (Å²) in [5.41, 5.74) is 2.69. The summed E-state index contributed by atoms with van der Waals surface area (Å²) in [6.45, 7) is 10.7.